The van der Waals surface area contributed by atoms with Crippen molar-refractivity contribution in [2.24, 2.45) is 0 Å². The minimum atomic E-state index is 1.01. The van der Waals surface area contributed by atoms with Crippen LogP contribution in [-0.4, -0.2) is 6.54 Å². The van der Waals surface area contributed by atoms with Gasteiger partial charge in [-0.05, 0) is 19.8 Å². The summed E-state index contributed by atoms with van der Waals surface area (Å²) in [4.78, 5) is 0. The maximum absolute atomic E-state index is 4.04. The molecule has 24 heavy (non-hydrogen) atoms. The lowest BCUT2D eigenvalue weighted by molar-refractivity contribution is 0.526. The molecule has 1 heteroatoms. The van der Waals surface area contributed by atoms with Crippen LogP contribution in [0.5, 0.6) is 0 Å². The summed E-state index contributed by atoms with van der Waals surface area (Å²) >= 11 is 0. The molecule has 144 valence electrons. The van der Waals surface area contributed by atoms with E-state index in [2.05, 4.69) is 25.7 Å². The molecule has 0 aliphatic carbocycles. The van der Waals surface area contributed by atoms with Crippen molar-refractivity contribution in [2.45, 2.75) is 129 Å². The lowest BCUT2D eigenvalue weighted by Gasteiger charge is -2.06. The molecule has 1 nitrogen and oxygen atoms in total. The fraction of sp³-hybridized carbons (Fsp3) is 0.913. The summed E-state index contributed by atoms with van der Waals surface area (Å²) in [5, 5.41) is 3.31. The average Bonchev–Trinajstić information content (AvgIpc) is 2.58. The Hall–Kier alpha value is -0.460. The van der Waals surface area contributed by atoms with Gasteiger partial charge < -0.3 is 5.32 Å². The van der Waals surface area contributed by atoms with E-state index in [0.717, 1.165) is 13.0 Å². The van der Waals surface area contributed by atoms with Crippen molar-refractivity contribution in [1.82, 2.24) is 5.32 Å². The van der Waals surface area contributed by atoms with Gasteiger partial charge in [0.05, 0.1) is 0 Å². The van der Waals surface area contributed by atoms with Gasteiger partial charge in [-0.3, -0.25) is 0 Å². The maximum Gasteiger partial charge on any atom is 0.0115 e. The van der Waals surface area contributed by atoms with Crippen molar-refractivity contribution in [3.63, 3.8) is 0 Å². The molecule has 0 atom stereocenters. The predicted molar refractivity (Wildman–Crippen MR) is 112 cm³/mol. The molecule has 0 amide bonds. The molecule has 0 unspecified atom stereocenters. The number of nitrogens with one attached hydrogen (secondary N) is 1. The number of allylic oxidation sites excluding steroid dienone is 1. The molecule has 0 aromatic rings. The van der Waals surface area contributed by atoms with E-state index in [4.69, 9.17) is 0 Å². The first-order valence-corrected chi connectivity index (χ1v) is 11.2. The zero-order valence-corrected chi connectivity index (χ0v) is 17.1. The normalized spacial score (nSPS) is 10.9. The Morgan fingerprint density at radius 3 is 1.21 bits per heavy atom. The first kappa shape index (κ1) is 23.5. The van der Waals surface area contributed by atoms with Gasteiger partial charge in [-0.25, -0.2) is 0 Å². The van der Waals surface area contributed by atoms with E-state index in [-0.39, 0.29) is 0 Å². The highest BCUT2D eigenvalue weighted by Gasteiger charge is 1.96. The Labute approximate surface area is 154 Å². The highest BCUT2D eigenvalue weighted by atomic mass is 14.9. The molecule has 0 rings (SSSR count). The fourth-order valence-corrected chi connectivity index (χ4v) is 3.40. The molecule has 0 bridgehead atoms. The molecule has 0 heterocycles. The number of hydrogen-bond donors (Lipinski definition) is 1. The van der Waals surface area contributed by atoms with Gasteiger partial charge in [-0.15, -0.1) is 0 Å². The van der Waals surface area contributed by atoms with E-state index in [9.17, 15) is 0 Å². The summed E-state index contributed by atoms with van der Waals surface area (Å²) < 4.78 is 0. The van der Waals surface area contributed by atoms with Crippen LogP contribution >= 0.6 is 0 Å². The second-order valence-corrected chi connectivity index (χ2v) is 7.54. The quantitative estimate of drug-likeness (QED) is 0.221. The van der Waals surface area contributed by atoms with Gasteiger partial charge in [-0.1, -0.05) is 116 Å². The van der Waals surface area contributed by atoms with Crippen LogP contribution in [0.1, 0.15) is 129 Å². The Morgan fingerprint density at radius 2 is 0.875 bits per heavy atom. The molecule has 0 radical (unpaired) electrons. The molecule has 0 aliphatic heterocycles. The highest BCUT2D eigenvalue weighted by Crippen LogP contribution is 2.14. The fourth-order valence-electron chi connectivity index (χ4n) is 3.40. The molecule has 1 N–H and O–H groups in total. The summed E-state index contributed by atoms with van der Waals surface area (Å²) in [5.74, 6) is 0. The first-order chi connectivity index (χ1) is 11.8. The van der Waals surface area contributed by atoms with Gasteiger partial charge in [0.2, 0.25) is 0 Å². The van der Waals surface area contributed by atoms with Gasteiger partial charge in [0.15, 0.2) is 0 Å². The van der Waals surface area contributed by atoms with Crippen molar-refractivity contribution in [2.75, 3.05) is 6.54 Å². The van der Waals surface area contributed by atoms with E-state index in [0.29, 0.717) is 0 Å². The van der Waals surface area contributed by atoms with Crippen molar-refractivity contribution in [3.05, 3.63) is 12.3 Å². The number of hydrogen-bond acceptors (Lipinski definition) is 1. The van der Waals surface area contributed by atoms with E-state index in [1.54, 1.807) is 0 Å². The largest absolute Gasteiger partial charge is 0.389 e. The monoisotopic (exact) mass is 337 g/mol. The van der Waals surface area contributed by atoms with Crippen LogP contribution in [0.25, 0.3) is 0 Å². The van der Waals surface area contributed by atoms with Crippen LogP contribution in [-0.2, 0) is 0 Å². The second-order valence-electron chi connectivity index (χ2n) is 7.54. The Morgan fingerprint density at radius 1 is 0.542 bits per heavy atom. The summed E-state index contributed by atoms with van der Waals surface area (Å²) in [6, 6.07) is 0. The zero-order valence-electron chi connectivity index (χ0n) is 17.1. The van der Waals surface area contributed by atoms with Crippen LogP contribution in [0.15, 0.2) is 12.3 Å². The van der Waals surface area contributed by atoms with Crippen molar-refractivity contribution >= 4 is 0 Å². The third-order valence-electron chi connectivity index (χ3n) is 5.01. The van der Waals surface area contributed by atoms with Crippen LogP contribution in [0, 0.1) is 0 Å². The van der Waals surface area contributed by atoms with Gasteiger partial charge in [0.25, 0.3) is 0 Å². The third-order valence-corrected chi connectivity index (χ3v) is 5.01. The smallest absolute Gasteiger partial charge is 0.0115 e. The first-order valence-electron chi connectivity index (χ1n) is 11.2. The summed E-state index contributed by atoms with van der Waals surface area (Å²) in [5.41, 5.74) is 1.22. The van der Waals surface area contributed by atoms with Crippen LogP contribution < -0.4 is 5.32 Å². The van der Waals surface area contributed by atoms with Crippen molar-refractivity contribution < 1.29 is 0 Å². The molecular formula is C23H47N. The van der Waals surface area contributed by atoms with Gasteiger partial charge in [-0.2, -0.15) is 0 Å². The Bertz CT molecular complexity index is 246. The van der Waals surface area contributed by atoms with Gasteiger partial charge in [0.1, 0.15) is 0 Å². The maximum atomic E-state index is 4.04. The Balaban J connectivity index is 3.01. The average molecular weight is 338 g/mol. The van der Waals surface area contributed by atoms with Crippen LogP contribution in [0.2, 0.25) is 0 Å². The lowest BCUT2D eigenvalue weighted by Crippen LogP contribution is -2.10. The second kappa shape index (κ2) is 20.6. The molecule has 0 spiro atoms. The van der Waals surface area contributed by atoms with Gasteiger partial charge in [0, 0.05) is 12.2 Å². The molecule has 0 aliphatic rings. The van der Waals surface area contributed by atoms with E-state index >= 15 is 0 Å². The summed E-state index contributed by atoms with van der Waals surface area (Å²) in [7, 11) is 0. The molecule has 0 aromatic heterocycles. The Kier molecular flexibility index (Phi) is 20.2. The number of rotatable bonds is 20. The summed E-state index contributed by atoms with van der Waals surface area (Å²) in [6.07, 6.45) is 25.7. The molecular weight excluding hydrogens is 290 g/mol. The topological polar surface area (TPSA) is 12.0 Å². The molecule has 0 aromatic carbocycles. The summed E-state index contributed by atoms with van der Waals surface area (Å²) in [6.45, 7) is 9.49. The highest BCUT2D eigenvalue weighted by molar-refractivity contribution is 4.89. The predicted octanol–water partition coefficient (Wildman–Crippen LogP) is 8.15. The third kappa shape index (κ3) is 19.6. The van der Waals surface area contributed by atoms with Crippen molar-refractivity contribution in [3.8, 4) is 0 Å². The lowest BCUT2D eigenvalue weighted by atomic mass is 10.0. The minimum absolute atomic E-state index is 1.01. The van der Waals surface area contributed by atoms with Gasteiger partial charge >= 0.3 is 0 Å². The standard InChI is InChI=1S/C23H47N/c1-4-6-7-8-9-10-11-12-13-14-15-16-17-18-19-20-21-22-23(3)24-5-2/h24H,3-22H2,1-2H3. The minimum Gasteiger partial charge on any atom is -0.389 e. The number of unbranched alkanes of at least 4 members (excludes halogenated alkanes) is 16. The molecule has 0 saturated carbocycles. The van der Waals surface area contributed by atoms with E-state index in [1.807, 2.05) is 0 Å². The van der Waals surface area contributed by atoms with Crippen molar-refractivity contribution in [1.29, 1.82) is 0 Å². The van der Waals surface area contributed by atoms with Crippen LogP contribution in [0.3, 0.4) is 0 Å². The van der Waals surface area contributed by atoms with E-state index < -0.39 is 0 Å². The molecule has 0 saturated heterocycles. The molecule has 0 fully saturated rings. The zero-order chi connectivity index (χ0) is 17.7. The SMILES string of the molecule is C=C(CCCCCCCCCCCCCCCCCCC)NCC. The van der Waals surface area contributed by atoms with Crippen LogP contribution in [0.4, 0.5) is 0 Å². The van der Waals surface area contributed by atoms with E-state index in [1.165, 1.54) is 115 Å².